The van der Waals surface area contributed by atoms with E-state index in [9.17, 15) is 4.79 Å². The van der Waals surface area contributed by atoms with Crippen molar-refractivity contribution in [3.63, 3.8) is 0 Å². The number of nitrogens with zero attached hydrogens (tertiary/aromatic N) is 1. The molecule has 0 amide bonds. The summed E-state index contributed by atoms with van der Waals surface area (Å²) in [6, 6.07) is 11.0. The molecule has 0 bridgehead atoms. The summed E-state index contributed by atoms with van der Waals surface area (Å²) < 4.78 is 10.4. The number of ether oxygens (including phenoxy) is 2. The first-order valence-corrected chi connectivity index (χ1v) is 6.88. The molecular formula is C17H16N2O3. The van der Waals surface area contributed by atoms with Crippen molar-refractivity contribution in [1.29, 1.82) is 0 Å². The number of rotatable bonds is 5. The fourth-order valence-electron chi connectivity index (χ4n) is 2.41. The van der Waals surface area contributed by atoms with Gasteiger partial charge in [-0.1, -0.05) is 12.1 Å². The highest BCUT2D eigenvalue weighted by Crippen LogP contribution is 2.25. The largest absolute Gasteiger partial charge is 0.497 e. The number of benzene rings is 2. The number of H-pyrrole nitrogens is 1. The molecule has 5 nitrogen and oxygen atoms in total. The molecule has 0 saturated heterocycles. The molecule has 0 spiro atoms. The molecule has 3 aromatic rings. The summed E-state index contributed by atoms with van der Waals surface area (Å²) in [4.78, 5) is 12.6. The van der Waals surface area contributed by atoms with Gasteiger partial charge in [-0.25, -0.2) is 0 Å². The Balaban J connectivity index is 1.90. The highest BCUT2D eigenvalue weighted by Gasteiger charge is 2.14. The number of aromatic nitrogens is 2. The van der Waals surface area contributed by atoms with Crippen LogP contribution in [0, 0.1) is 0 Å². The molecule has 3 rings (SSSR count). The summed E-state index contributed by atoms with van der Waals surface area (Å²) >= 11 is 0. The van der Waals surface area contributed by atoms with Crippen LogP contribution in [0.1, 0.15) is 15.9 Å². The van der Waals surface area contributed by atoms with Crippen LogP contribution in [0.25, 0.3) is 10.9 Å². The summed E-state index contributed by atoms with van der Waals surface area (Å²) in [6.07, 6.45) is 2.05. The number of Topliss-reactive ketones (excluding diaryl/α,β-unsaturated/α-hetero) is 1. The first-order chi connectivity index (χ1) is 10.7. The highest BCUT2D eigenvalue weighted by atomic mass is 16.5. The van der Waals surface area contributed by atoms with E-state index < -0.39 is 0 Å². The number of hydrogen-bond donors (Lipinski definition) is 1. The van der Waals surface area contributed by atoms with Crippen LogP contribution in [0.3, 0.4) is 0 Å². The van der Waals surface area contributed by atoms with Gasteiger partial charge in [0.15, 0.2) is 5.78 Å². The van der Waals surface area contributed by atoms with Crippen LogP contribution in [0.4, 0.5) is 0 Å². The van der Waals surface area contributed by atoms with E-state index in [1.165, 1.54) is 0 Å². The smallest absolute Gasteiger partial charge is 0.171 e. The van der Waals surface area contributed by atoms with Crippen LogP contribution in [-0.4, -0.2) is 30.2 Å². The van der Waals surface area contributed by atoms with Crippen molar-refractivity contribution in [2.75, 3.05) is 14.2 Å². The third kappa shape index (κ3) is 2.65. The zero-order valence-corrected chi connectivity index (χ0v) is 12.4. The number of fused-ring (bicyclic) bond motifs is 1. The van der Waals surface area contributed by atoms with Crippen molar-refractivity contribution in [1.82, 2.24) is 10.2 Å². The molecule has 0 saturated carbocycles. The number of hydrogen-bond acceptors (Lipinski definition) is 4. The van der Waals surface area contributed by atoms with Crippen molar-refractivity contribution >= 4 is 16.7 Å². The second-order valence-electron chi connectivity index (χ2n) is 4.96. The Bertz CT molecular complexity index is 824. The van der Waals surface area contributed by atoms with Gasteiger partial charge in [-0.15, -0.1) is 0 Å². The van der Waals surface area contributed by atoms with Crippen molar-refractivity contribution in [2.45, 2.75) is 6.42 Å². The molecule has 1 heterocycles. The first kappa shape index (κ1) is 14.1. The van der Waals surface area contributed by atoms with E-state index in [4.69, 9.17) is 9.47 Å². The van der Waals surface area contributed by atoms with Crippen LogP contribution in [0.5, 0.6) is 11.5 Å². The van der Waals surface area contributed by atoms with E-state index in [1.807, 2.05) is 18.2 Å². The Hall–Kier alpha value is -2.82. The third-order valence-corrected chi connectivity index (χ3v) is 3.58. The summed E-state index contributed by atoms with van der Waals surface area (Å²) in [6.45, 7) is 0. The van der Waals surface area contributed by atoms with Gasteiger partial charge in [0, 0.05) is 11.8 Å². The van der Waals surface area contributed by atoms with Gasteiger partial charge in [-0.3, -0.25) is 9.89 Å². The average Bonchev–Trinajstić information content (AvgIpc) is 3.01. The standard InChI is InChI=1S/C17H16N2O3/c1-21-13-5-6-17(22-2)14(9-13)16(20)8-11-3-4-12-10-18-19-15(12)7-11/h3-7,9-10H,8H2,1-2H3,(H,18,19). The Morgan fingerprint density at radius 3 is 2.77 bits per heavy atom. The minimum Gasteiger partial charge on any atom is -0.497 e. The minimum absolute atomic E-state index is 0.0189. The molecule has 5 heteroatoms. The lowest BCUT2D eigenvalue weighted by Crippen LogP contribution is -2.06. The van der Waals surface area contributed by atoms with E-state index in [-0.39, 0.29) is 5.78 Å². The van der Waals surface area contributed by atoms with Crippen LogP contribution >= 0.6 is 0 Å². The van der Waals surface area contributed by atoms with Gasteiger partial charge in [0.2, 0.25) is 0 Å². The van der Waals surface area contributed by atoms with Crippen molar-refractivity contribution in [2.24, 2.45) is 0 Å². The molecular weight excluding hydrogens is 280 g/mol. The molecule has 0 unspecified atom stereocenters. The molecule has 1 N–H and O–H groups in total. The van der Waals surface area contributed by atoms with Gasteiger partial charge >= 0.3 is 0 Å². The van der Waals surface area contributed by atoms with E-state index >= 15 is 0 Å². The lowest BCUT2D eigenvalue weighted by atomic mass is 10.0. The van der Waals surface area contributed by atoms with Gasteiger partial charge in [0.25, 0.3) is 0 Å². The topological polar surface area (TPSA) is 64.2 Å². The van der Waals surface area contributed by atoms with Crippen molar-refractivity contribution < 1.29 is 14.3 Å². The number of aromatic amines is 1. The number of carbonyl (C=O) groups excluding carboxylic acids is 1. The van der Waals surface area contributed by atoms with Gasteiger partial charge in [0.1, 0.15) is 11.5 Å². The van der Waals surface area contributed by atoms with E-state index in [2.05, 4.69) is 10.2 Å². The molecule has 2 aromatic carbocycles. The van der Waals surface area contributed by atoms with Crippen molar-refractivity contribution in [3.8, 4) is 11.5 Å². The van der Waals surface area contributed by atoms with Gasteiger partial charge in [-0.05, 0) is 29.8 Å². The molecule has 112 valence electrons. The predicted octanol–water partition coefficient (Wildman–Crippen LogP) is 3.01. The molecule has 0 radical (unpaired) electrons. The molecule has 22 heavy (non-hydrogen) atoms. The summed E-state index contributed by atoms with van der Waals surface area (Å²) in [5, 5.41) is 7.91. The Labute approximate surface area is 127 Å². The first-order valence-electron chi connectivity index (χ1n) is 6.88. The van der Waals surface area contributed by atoms with Gasteiger partial charge in [-0.2, -0.15) is 5.10 Å². The van der Waals surface area contributed by atoms with Crippen LogP contribution in [-0.2, 0) is 6.42 Å². The van der Waals surface area contributed by atoms with Gasteiger partial charge in [0.05, 0.1) is 31.5 Å². The molecule has 0 fully saturated rings. The van der Waals surface area contributed by atoms with Crippen molar-refractivity contribution in [3.05, 3.63) is 53.7 Å². The Morgan fingerprint density at radius 2 is 2.00 bits per heavy atom. The van der Waals surface area contributed by atoms with Crippen LogP contribution in [0.2, 0.25) is 0 Å². The summed E-state index contributed by atoms with van der Waals surface area (Å²) in [5.41, 5.74) is 2.36. The maximum Gasteiger partial charge on any atom is 0.171 e. The van der Waals surface area contributed by atoms with E-state index in [0.29, 0.717) is 23.5 Å². The minimum atomic E-state index is -0.0189. The second kappa shape index (κ2) is 5.89. The number of ketones is 1. The van der Waals surface area contributed by atoms with Gasteiger partial charge < -0.3 is 9.47 Å². The fourth-order valence-corrected chi connectivity index (χ4v) is 2.41. The zero-order valence-electron chi connectivity index (χ0n) is 12.4. The monoisotopic (exact) mass is 296 g/mol. The second-order valence-corrected chi connectivity index (χ2v) is 4.96. The lowest BCUT2D eigenvalue weighted by Gasteiger charge is -2.09. The molecule has 0 atom stereocenters. The maximum atomic E-state index is 12.6. The fraction of sp³-hybridized carbons (Fsp3) is 0.176. The van der Waals surface area contributed by atoms with E-state index in [1.54, 1.807) is 38.6 Å². The Morgan fingerprint density at radius 1 is 1.14 bits per heavy atom. The Kier molecular flexibility index (Phi) is 3.78. The zero-order chi connectivity index (χ0) is 15.5. The van der Waals surface area contributed by atoms with E-state index in [0.717, 1.165) is 16.5 Å². The lowest BCUT2D eigenvalue weighted by molar-refractivity contribution is 0.0989. The molecule has 0 aliphatic rings. The molecule has 0 aliphatic heterocycles. The van der Waals surface area contributed by atoms with Crippen LogP contribution in [0.15, 0.2) is 42.6 Å². The highest BCUT2D eigenvalue weighted by molar-refractivity contribution is 6.00. The average molecular weight is 296 g/mol. The SMILES string of the molecule is COc1ccc(OC)c(C(=O)Cc2ccc3cn[nH]c3c2)c1. The van der Waals surface area contributed by atoms with Crippen LogP contribution < -0.4 is 9.47 Å². The normalized spacial score (nSPS) is 10.6. The summed E-state index contributed by atoms with van der Waals surface area (Å²) in [7, 11) is 3.12. The number of carbonyl (C=O) groups is 1. The molecule has 1 aromatic heterocycles. The molecule has 0 aliphatic carbocycles. The quantitative estimate of drug-likeness (QED) is 0.735. The predicted molar refractivity (Wildman–Crippen MR) is 83.7 cm³/mol. The maximum absolute atomic E-state index is 12.6. The number of methoxy groups -OCH3 is 2. The third-order valence-electron chi connectivity index (χ3n) is 3.58. The summed E-state index contributed by atoms with van der Waals surface area (Å²) in [5.74, 6) is 1.16. The number of nitrogens with one attached hydrogen (secondary N) is 1.